The number of carbonyl (C=O) groups excluding carboxylic acids is 1. The molecule has 1 aliphatic rings. The molecule has 7 heteroatoms. The molecule has 0 radical (unpaired) electrons. The lowest BCUT2D eigenvalue weighted by molar-refractivity contribution is 0.0919. The van der Waals surface area contributed by atoms with Crippen molar-refractivity contribution in [1.29, 1.82) is 0 Å². The van der Waals surface area contributed by atoms with Crippen LogP contribution in [0, 0.1) is 0 Å². The summed E-state index contributed by atoms with van der Waals surface area (Å²) in [5.74, 6) is -0.144. The van der Waals surface area contributed by atoms with E-state index in [0.29, 0.717) is 31.6 Å². The molecule has 1 aromatic carbocycles. The Morgan fingerprint density at radius 2 is 1.95 bits per heavy atom. The zero-order chi connectivity index (χ0) is 15.7. The summed E-state index contributed by atoms with van der Waals surface area (Å²) in [6.45, 7) is 0.910. The van der Waals surface area contributed by atoms with Crippen molar-refractivity contribution in [3.05, 3.63) is 36.0 Å². The third kappa shape index (κ3) is 3.15. The van der Waals surface area contributed by atoms with E-state index in [2.05, 4.69) is 10.3 Å². The van der Waals surface area contributed by atoms with Gasteiger partial charge in [-0.25, -0.2) is 12.7 Å². The molecule has 118 valence electrons. The minimum atomic E-state index is -3.13. The molecule has 0 spiro atoms. The monoisotopic (exact) mass is 321 g/mol. The standard InChI is InChI=1S/C15H19N3O3S/c1-22(20,21)18-8-6-12(7-9-18)16-15(19)14-10-11-4-2-3-5-13(11)17-14/h2-5,10,12,17H,6-9H2,1H3,(H,16,19). The maximum absolute atomic E-state index is 12.3. The SMILES string of the molecule is CS(=O)(=O)N1CCC(NC(=O)c2cc3ccccc3[nH]2)CC1. The van der Waals surface area contributed by atoms with Crippen molar-refractivity contribution in [1.82, 2.24) is 14.6 Å². The van der Waals surface area contributed by atoms with Crippen molar-refractivity contribution in [2.75, 3.05) is 19.3 Å². The van der Waals surface area contributed by atoms with E-state index in [1.807, 2.05) is 30.3 Å². The third-order valence-corrected chi connectivity index (χ3v) is 5.34. The quantitative estimate of drug-likeness (QED) is 0.894. The van der Waals surface area contributed by atoms with Crippen LogP contribution in [0.3, 0.4) is 0 Å². The number of para-hydroxylation sites is 1. The molecule has 1 fully saturated rings. The molecule has 22 heavy (non-hydrogen) atoms. The van der Waals surface area contributed by atoms with E-state index in [1.54, 1.807) is 0 Å². The summed E-state index contributed by atoms with van der Waals surface area (Å²) in [7, 11) is -3.13. The molecular formula is C15H19N3O3S. The highest BCUT2D eigenvalue weighted by Gasteiger charge is 2.26. The number of amides is 1. The van der Waals surface area contributed by atoms with Crippen LogP contribution in [0.15, 0.2) is 30.3 Å². The van der Waals surface area contributed by atoms with Gasteiger partial charge in [0.25, 0.3) is 5.91 Å². The van der Waals surface area contributed by atoms with Crippen LogP contribution in [0.2, 0.25) is 0 Å². The Bertz CT molecular complexity index is 756. The molecule has 2 heterocycles. The Hall–Kier alpha value is -1.86. The minimum Gasteiger partial charge on any atom is -0.351 e. The number of nitrogens with one attached hydrogen (secondary N) is 2. The topological polar surface area (TPSA) is 82.3 Å². The first-order chi connectivity index (χ1) is 10.4. The molecule has 2 aromatic rings. The number of benzene rings is 1. The first kappa shape index (κ1) is 15.1. The van der Waals surface area contributed by atoms with E-state index in [4.69, 9.17) is 0 Å². The number of nitrogens with zero attached hydrogens (tertiary/aromatic N) is 1. The fraction of sp³-hybridized carbons (Fsp3) is 0.400. The predicted molar refractivity (Wildman–Crippen MR) is 85.2 cm³/mol. The molecule has 1 aliphatic heterocycles. The van der Waals surface area contributed by atoms with Gasteiger partial charge in [-0.3, -0.25) is 4.79 Å². The van der Waals surface area contributed by atoms with Gasteiger partial charge in [0.2, 0.25) is 10.0 Å². The number of hydrogen-bond donors (Lipinski definition) is 2. The van der Waals surface area contributed by atoms with Gasteiger partial charge in [0.1, 0.15) is 5.69 Å². The van der Waals surface area contributed by atoms with Crippen molar-refractivity contribution >= 4 is 26.8 Å². The summed E-state index contributed by atoms with van der Waals surface area (Å²) in [4.78, 5) is 15.4. The number of hydrogen-bond acceptors (Lipinski definition) is 3. The molecule has 0 bridgehead atoms. The van der Waals surface area contributed by atoms with E-state index < -0.39 is 10.0 Å². The van der Waals surface area contributed by atoms with E-state index in [9.17, 15) is 13.2 Å². The Morgan fingerprint density at radius 3 is 2.59 bits per heavy atom. The molecule has 0 aliphatic carbocycles. The number of sulfonamides is 1. The van der Waals surface area contributed by atoms with Crippen LogP contribution in [0.1, 0.15) is 23.3 Å². The van der Waals surface area contributed by atoms with Crippen LogP contribution in [-0.2, 0) is 10.0 Å². The van der Waals surface area contributed by atoms with E-state index in [1.165, 1.54) is 10.6 Å². The summed E-state index contributed by atoms with van der Waals surface area (Å²) in [6, 6.07) is 9.57. The van der Waals surface area contributed by atoms with Gasteiger partial charge in [-0.1, -0.05) is 18.2 Å². The largest absolute Gasteiger partial charge is 0.351 e. The average Bonchev–Trinajstić information content (AvgIpc) is 2.91. The zero-order valence-corrected chi connectivity index (χ0v) is 13.2. The highest BCUT2D eigenvalue weighted by atomic mass is 32.2. The Kier molecular flexibility index (Phi) is 3.92. The lowest BCUT2D eigenvalue weighted by atomic mass is 10.1. The maximum Gasteiger partial charge on any atom is 0.267 e. The van der Waals surface area contributed by atoms with E-state index in [0.717, 1.165) is 10.9 Å². The van der Waals surface area contributed by atoms with Gasteiger partial charge in [-0.05, 0) is 25.0 Å². The lowest BCUT2D eigenvalue weighted by Gasteiger charge is -2.30. The van der Waals surface area contributed by atoms with Crippen molar-refractivity contribution in [2.24, 2.45) is 0 Å². The van der Waals surface area contributed by atoms with Crippen molar-refractivity contribution in [3.8, 4) is 0 Å². The fourth-order valence-corrected chi connectivity index (χ4v) is 3.66. The third-order valence-electron chi connectivity index (χ3n) is 4.03. The van der Waals surface area contributed by atoms with Crippen LogP contribution < -0.4 is 5.32 Å². The van der Waals surface area contributed by atoms with E-state index >= 15 is 0 Å². The summed E-state index contributed by atoms with van der Waals surface area (Å²) in [5.41, 5.74) is 1.46. The summed E-state index contributed by atoms with van der Waals surface area (Å²) >= 11 is 0. The van der Waals surface area contributed by atoms with Crippen molar-refractivity contribution in [3.63, 3.8) is 0 Å². The summed E-state index contributed by atoms with van der Waals surface area (Å²) in [6.07, 6.45) is 2.49. The molecule has 1 amide bonds. The molecular weight excluding hydrogens is 302 g/mol. The summed E-state index contributed by atoms with van der Waals surface area (Å²) < 4.78 is 24.4. The Morgan fingerprint density at radius 1 is 1.27 bits per heavy atom. The molecule has 6 nitrogen and oxygen atoms in total. The second kappa shape index (κ2) is 5.73. The zero-order valence-electron chi connectivity index (χ0n) is 12.4. The minimum absolute atomic E-state index is 0.0110. The number of piperidine rings is 1. The second-order valence-corrected chi connectivity index (χ2v) is 7.66. The molecule has 0 atom stereocenters. The lowest BCUT2D eigenvalue weighted by Crippen LogP contribution is -2.46. The van der Waals surface area contributed by atoms with Crippen LogP contribution in [-0.4, -0.2) is 49.0 Å². The van der Waals surface area contributed by atoms with Crippen LogP contribution in [0.5, 0.6) is 0 Å². The van der Waals surface area contributed by atoms with Crippen molar-refractivity contribution < 1.29 is 13.2 Å². The predicted octanol–water partition coefficient (Wildman–Crippen LogP) is 1.32. The molecule has 3 rings (SSSR count). The van der Waals surface area contributed by atoms with Gasteiger partial charge >= 0.3 is 0 Å². The van der Waals surface area contributed by atoms with Gasteiger partial charge in [0, 0.05) is 30.0 Å². The van der Waals surface area contributed by atoms with Crippen LogP contribution in [0.25, 0.3) is 10.9 Å². The Balaban J connectivity index is 1.63. The first-order valence-corrected chi connectivity index (χ1v) is 9.12. The highest BCUT2D eigenvalue weighted by Crippen LogP contribution is 2.16. The number of rotatable bonds is 3. The number of H-pyrrole nitrogens is 1. The van der Waals surface area contributed by atoms with Crippen molar-refractivity contribution in [2.45, 2.75) is 18.9 Å². The number of aromatic amines is 1. The van der Waals surface area contributed by atoms with Gasteiger partial charge in [-0.2, -0.15) is 0 Å². The summed E-state index contributed by atoms with van der Waals surface area (Å²) in [5, 5.41) is 3.98. The van der Waals surface area contributed by atoms with Gasteiger partial charge in [0.05, 0.1) is 6.26 Å². The number of carbonyl (C=O) groups is 1. The van der Waals surface area contributed by atoms with Gasteiger partial charge < -0.3 is 10.3 Å². The molecule has 1 saturated heterocycles. The highest BCUT2D eigenvalue weighted by molar-refractivity contribution is 7.88. The van der Waals surface area contributed by atoms with Crippen LogP contribution >= 0.6 is 0 Å². The molecule has 1 aromatic heterocycles. The van der Waals surface area contributed by atoms with Crippen LogP contribution in [0.4, 0.5) is 0 Å². The fourth-order valence-electron chi connectivity index (χ4n) is 2.79. The molecule has 2 N–H and O–H groups in total. The second-order valence-electron chi connectivity index (χ2n) is 5.68. The molecule has 0 saturated carbocycles. The average molecular weight is 321 g/mol. The van der Waals surface area contributed by atoms with Gasteiger partial charge in [-0.15, -0.1) is 0 Å². The normalized spacial score (nSPS) is 17.7. The number of aromatic nitrogens is 1. The first-order valence-electron chi connectivity index (χ1n) is 7.27. The van der Waals surface area contributed by atoms with E-state index in [-0.39, 0.29) is 11.9 Å². The number of fused-ring (bicyclic) bond motifs is 1. The maximum atomic E-state index is 12.3. The molecule has 0 unspecified atom stereocenters. The Labute approximate surface area is 129 Å². The smallest absolute Gasteiger partial charge is 0.267 e. The van der Waals surface area contributed by atoms with Gasteiger partial charge in [0.15, 0.2) is 0 Å².